The topological polar surface area (TPSA) is 49.4 Å². The van der Waals surface area contributed by atoms with Crippen molar-refractivity contribution in [2.75, 3.05) is 13.1 Å². The lowest BCUT2D eigenvalue weighted by Gasteiger charge is -2.23. The molecule has 2 atom stereocenters. The monoisotopic (exact) mass is 394 g/mol. The molecule has 1 N–H and O–H groups in total. The fourth-order valence-corrected chi connectivity index (χ4v) is 4.89. The Balaban J connectivity index is 0.00000161. The molecule has 0 radical (unpaired) electrons. The summed E-state index contributed by atoms with van der Waals surface area (Å²) in [5.41, 5.74) is 0.945. The smallest absolute Gasteiger partial charge is 0.243 e. The fourth-order valence-electron chi connectivity index (χ4n) is 3.06. The number of fused-ring (bicyclic) bond motifs is 2. The SMILES string of the molecule is Cc1cc(S(=O)(=O)N2CCC3CCC(C2)N3)ccc1Br.Cl. The predicted octanol–water partition coefficient (Wildman–Crippen LogP) is 2.69. The van der Waals surface area contributed by atoms with Gasteiger partial charge in [-0.3, -0.25) is 0 Å². The van der Waals surface area contributed by atoms with E-state index in [1.54, 1.807) is 16.4 Å². The Kier molecular flexibility index (Phi) is 5.36. The van der Waals surface area contributed by atoms with Gasteiger partial charge in [0, 0.05) is 29.6 Å². The minimum atomic E-state index is -3.37. The molecular formula is C14H20BrClN2O2S. The second-order valence-corrected chi connectivity index (χ2v) is 8.49. The van der Waals surface area contributed by atoms with Crippen LogP contribution in [0.3, 0.4) is 0 Å². The van der Waals surface area contributed by atoms with Crippen LogP contribution in [-0.2, 0) is 10.0 Å². The van der Waals surface area contributed by atoms with Crippen molar-refractivity contribution in [2.24, 2.45) is 0 Å². The quantitative estimate of drug-likeness (QED) is 0.837. The number of halogens is 2. The molecule has 0 aromatic heterocycles. The van der Waals surface area contributed by atoms with Crippen LogP contribution in [0.5, 0.6) is 0 Å². The first-order valence-electron chi connectivity index (χ1n) is 6.99. The number of hydrogen-bond acceptors (Lipinski definition) is 3. The second kappa shape index (κ2) is 6.54. The molecule has 21 heavy (non-hydrogen) atoms. The van der Waals surface area contributed by atoms with E-state index in [1.165, 1.54) is 6.42 Å². The molecule has 0 saturated carbocycles. The van der Waals surface area contributed by atoms with Crippen molar-refractivity contribution in [1.82, 2.24) is 9.62 Å². The number of rotatable bonds is 2. The minimum absolute atomic E-state index is 0. The highest BCUT2D eigenvalue weighted by molar-refractivity contribution is 9.10. The van der Waals surface area contributed by atoms with Crippen molar-refractivity contribution in [2.45, 2.75) is 43.2 Å². The summed E-state index contributed by atoms with van der Waals surface area (Å²) < 4.78 is 28.1. The Morgan fingerprint density at radius 3 is 2.67 bits per heavy atom. The van der Waals surface area contributed by atoms with Crippen molar-refractivity contribution in [3.8, 4) is 0 Å². The van der Waals surface area contributed by atoms with Gasteiger partial charge in [-0.2, -0.15) is 4.31 Å². The van der Waals surface area contributed by atoms with Gasteiger partial charge >= 0.3 is 0 Å². The summed E-state index contributed by atoms with van der Waals surface area (Å²) in [5.74, 6) is 0. The number of sulfonamides is 1. The lowest BCUT2D eigenvalue weighted by Crippen LogP contribution is -2.39. The molecule has 7 heteroatoms. The van der Waals surface area contributed by atoms with E-state index < -0.39 is 10.0 Å². The largest absolute Gasteiger partial charge is 0.310 e. The lowest BCUT2D eigenvalue weighted by molar-refractivity contribution is 0.383. The average Bonchev–Trinajstić information content (AvgIpc) is 2.71. The normalized spacial score (nSPS) is 26.2. The van der Waals surface area contributed by atoms with E-state index in [-0.39, 0.29) is 12.4 Å². The summed E-state index contributed by atoms with van der Waals surface area (Å²) in [4.78, 5) is 0.399. The molecule has 0 aliphatic carbocycles. The van der Waals surface area contributed by atoms with Crippen molar-refractivity contribution >= 4 is 38.4 Å². The van der Waals surface area contributed by atoms with Crippen LogP contribution in [-0.4, -0.2) is 37.9 Å². The Labute approximate surface area is 140 Å². The van der Waals surface area contributed by atoms with E-state index in [9.17, 15) is 8.42 Å². The van der Waals surface area contributed by atoms with Gasteiger partial charge in [-0.1, -0.05) is 15.9 Å². The number of nitrogens with one attached hydrogen (secondary N) is 1. The van der Waals surface area contributed by atoms with Gasteiger partial charge in [-0.15, -0.1) is 12.4 Å². The van der Waals surface area contributed by atoms with Gasteiger partial charge in [0.2, 0.25) is 10.0 Å². The molecular weight excluding hydrogens is 376 g/mol. The van der Waals surface area contributed by atoms with E-state index in [0.717, 1.165) is 22.9 Å². The highest BCUT2D eigenvalue weighted by atomic mass is 79.9. The average molecular weight is 396 g/mol. The molecule has 118 valence electrons. The zero-order valence-electron chi connectivity index (χ0n) is 11.9. The van der Waals surface area contributed by atoms with Gasteiger partial charge < -0.3 is 5.32 Å². The van der Waals surface area contributed by atoms with Crippen LogP contribution in [0.2, 0.25) is 0 Å². The molecule has 2 heterocycles. The van der Waals surface area contributed by atoms with Crippen LogP contribution < -0.4 is 5.32 Å². The summed E-state index contributed by atoms with van der Waals surface area (Å²) >= 11 is 3.41. The number of nitrogens with zero attached hydrogens (tertiary/aromatic N) is 1. The van der Waals surface area contributed by atoms with Crippen LogP contribution in [0.4, 0.5) is 0 Å². The van der Waals surface area contributed by atoms with Crippen LogP contribution in [0.25, 0.3) is 0 Å². The molecule has 2 fully saturated rings. The van der Waals surface area contributed by atoms with E-state index in [2.05, 4.69) is 21.2 Å². The summed E-state index contributed by atoms with van der Waals surface area (Å²) in [7, 11) is -3.37. The fraction of sp³-hybridized carbons (Fsp3) is 0.571. The van der Waals surface area contributed by atoms with Crippen molar-refractivity contribution in [1.29, 1.82) is 0 Å². The molecule has 0 spiro atoms. The minimum Gasteiger partial charge on any atom is -0.310 e. The summed E-state index contributed by atoms with van der Waals surface area (Å²) in [6.07, 6.45) is 3.16. The van der Waals surface area contributed by atoms with Crippen LogP contribution >= 0.6 is 28.3 Å². The summed E-state index contributed by atoms with van der Waals surface area (Å²) in [6.45, 7) is 3.12. The zero-order chi connectivity index (χ0) is 14.3. The zero-order valence-corrected chi connectivity index (χ0v) is 15.1. The Hall–Kier alpha value is -0.140. The first-order chi connectivity index (χ1) is 9.46. The third-order valence-corrected chi connectivity index (χ3v) is 7.00. The lowest BCUT2D eigenvalue weighted by atomic mass is 10.1. The van der Waals surface area contributed by atoms with Crippen LogP contribution in [0, 0.1) is 6.92 Å². The van der Waals surface area contributed by atoms with E-state index in [0.29, 0.717) is 30.1 Å². The molecule has 2 bridgehead atoms. The molecule has 3 rings (SSSR count). The van der Waals surface area contributed by atoms with E-state index in [1.807, 2.05) is 13.0 Å². The number of benzene rings is 1. The third kappa shape index (κ3) is 3.45. The molecule has 2 aliphatic rings. The maximum Gasteiger partial charge on any atom is 0.243 e. The van der Waals surface area contributed by atoms with Gasteiger partial charge in [-0.25, -0.2) is 8.42 Å². The van der Waals surface area contributed by atoms with Gasteiger partial charge in [0.15, 0.2) is 0 Å². The molecule has 2 saturated heterocycles. The highest BCUT2D eigenvalue weighted by Crippen LogP contribution is 2.27. The maximum atomic E-state index is 12.8. The summed E-state index contributed by atoms with van der Waals surface area (Å²) in [6, 6.07) is 6.05. The predicted molar refractivity (Wildman–Crippen MR) is 89.4 cm³/mol. The van der Waals surface area contributed by atoms with Crippen LogP contribution in [0.1, 0.15) is 24.8 Å². The first-order valence-corrected chi connectivity index (χ1v) is 9.22. The molecule has 1 aromatic rings. The third-order valence-electron chi connectivity index (χ3n) is 4.25. The van der Waals surface area contributed by atoms with Crippen LogP contribution in [0.15, 0.2) is 27.6 Å². The second-order valence-electron chi connectivity index (χ2n) is 5.70. The molecule has 2 unspecified atom stereocenters. The van der Waals surface area contributed by atoms with Crippen molar-refractivity contribution in [3.05, 3.63) is 28.2 Å². The maximum absolute atomic E-state index is 12.8. The Morgan fingerprint density at radius 1 is 1.24 bits per heavy atom. The van der Waals surface area contributed by atoms with Gasteiger partial charge in [-0.05, 0) is 49.9 Å². The highest BCUT2D eigenvalue weighted by Gasteiger charge is 2.34. The number of aryl methyl sites for hydroxylation is 1. The standard InChI is InChI=1S/C14H19BrN2O2S.ClH/c1-10-8-13(4-5-14(10)15)20(18,19)17-7-6-11-2-3-12(9-17)16-11;/h4-5,8,11-12,16H,2-3,6-7,9H2,1H3;1H. The van der Waals surface area contributed by atoms with E-state index in [4.69, 9.17) is 0 Å². The van der Waals surface area contributed by atoms with Crippen molar-refractivity contribution in [3.63, 3.8) is 0 Å². The van der Waals surface area contributed by atoms with Crippen molar-refractivity contribution < 1.29 is 8.42 Å². The molecule has 0 amide bonds. The van der Waals surface area contributed by atoms with Gasteiger partial charge in [0.1, 0.15) is 0 Å². The Bertz CT molecular complexity index is 623. The first kappa shape index (κ1) is 17.2. The van der Waals surface area contributed by atoms with E-state index >= 15 is 0 Å². The van der Waals surface area contributed by atoms with Gasteiger partial charge in [0.05, 0.1) is 4.90 Å². The molecule has 1 aromatic carbocycles. The molecule has 2 aliphatic heterocycles. The molecule has 4 nitrogen and oxygen atoms in total. The number of hydrogen-bond donors (Lipinski definition) is 1. The van der Waals surface area contributed by atoms with Gasteiger partial charge in [0.25, 0.3) is 0 Å². The summed E-state index contributed by atoms with van der Waals surface area (Å²) in [5, 5.41) is 3.51. The Morgan fingerprint density at radius 2 is 1.95 bits per heavy atom.